The van der Waals surface area contributed by atoms with Crippen molar-refractivity contribution in [1.82, 2.24) is 9.38 Å². The van der Waals surface area contributed by atoms with Crippen molar-refractivity contribution in [2.75, 3.05) is 6.54 Å². The molecule has 2 aromatic heterocycles. The van der Waals surface area contributed by atoms with Crippen molar-refractivity contribution < 1.29 is 0 Å². The number of hydrogen-bond donors (Lipinski definition) is 1. The molecule has 0 bridgehead atoms. The van der Waals surface area contributed by atoms with Crippen LogP contribution in [0.2, 0.25) is 0 Å². The van der Waals surface area contributed by atoms with Gasteiger partial charge in [-0.05, 0) is 41.3 Å². The molecule has 0 amide bonds. The molecule has 13 heavy (non-hydrogen) atoms. The van der Waals surface area contributed by atoms with E-state index in [-0.39, 0.29) is 0 Å². The van der Waals surface area contributed by atoms with Crippen molar-refractivity contribution in [3.05, 3.63) is 33.8 Å². The number of halogens is 1. The smallest absolute Gasteiger partial charge is 0.137 e. The molecule has 0 radical (unpaired) electrons. The summed E-state index contributed by atoms with van der Waals surface area (Å²) in [4.78, 5) is 4.42. The summed E-state index contributed by atoms with van der Waals surface area (Å²) in [7, 11) is 0. The van der Waals surface area contributed by atoms with Crippen molar-refractivity contribution in [2.24, 2.45) is 5.73 Å². The first-order valence-electron chi connectivity index (χ1n) is 4.13. The van der Waals surface area contributed by atoms with E-state index in [1.807, 2.05) is 16.7 Å². The molecule has 2 heterocycles. The summed E-state index contributed by atoms with van der Waals surface area (Å²) in [6, 6.07) is 4.07. The molecule has 68 valence electrons. The lowest BCUT2D eigenvalue weighted by molar-refractivity contribution is 0.937. The number of aromatic nitrogens is 2. The summed E-state index contributed by atoms with van der Waals surface area (Å²) in [6.07, 6.45) is 4.94. The van der Waals surface area contributed by atoms with Crippen LogP contribution >= 0.6 is 22.6 Å². The van der Waals surface area contributed by atoms with E-state index in [0.29, 0.717) is 6.54 Å². The van der Waals surface area contributed by atoms with Gasteiger partial charge in [0.05, 0.1) is 5.69 Å². The highest BCUT2D eigenvalue weighted by Gasteiger charge is 1.99. The highest BCUT2D eigenvalue weighted by Crippen LogP contribution is 2.09. The molecular weight excluding hydrogens is 277 g/mol. The zero-order chi connectivity index (χ0) is 9.26. The molecule has 0 aromatic carbocycles. The van der Waals surface area contributed by atoms with Crippen LogP contribution in [0.25, 0.3) is 5.65 Å². The van der Waals surface area contributed by atoms with Gasteiger partial charge in [0.2, 0.25) is 0 Å². The van der Waals surface area contributed by atoms with Crippen LogP contribution in [0.3, 0.4) is 0 Å². The monoisotopic (exact) mass is 287 g/mol. The Morgan fingerprint density at radius 3 is 3.00 bits per heavy atom. The zero-order valence-electron chi connectivity index (χ0n) is 7.07. The highest BCUT2D eigenvalue weighted by atomic mass is 127. The molecule has 3 nitrogen and oxygen atoms in total. The summed E-state index contributed by atoms with van der Waals surface area (Å²) in [5.41, 5.74) is 7.51. The first kappa shape index (κ1) is 8.96. The van der Waals surface area contributed by atoms with Crippen LogP contribution in [-0.2, 0) is 6.42 Å². The number of hydrogen-bond acceptors (Lipinski definition) is 2. The maximum atomic E-state index is 5.46. The largest absolute Gasteiger partial charge is 0.330 e. The topological polar surface area (TPSA) is 43.3 Å². The average Bonchev–Trinajstić information content (AvgIpc) is 2.46. The number of nitrogens with zero attached hydrogens (tertiary/aromatic N) is 2. The fourth-order valence-corrected chi connectivity index (χ4v) is 1.77. The van der Waals surface area contributed by atoms with Crippen molar-refractivity contribution in [2.45, 2.75) is 6.42 Å². The molecule has 0 saturated heterocycles. The van der Waals surface area contributed by atoms with E-state index in [4.69, 9.17) is 5.73 Å². The molecule has 0 saturated carbocycles. The Labute approximate surface area is 90.1 Å². The second-order valence-corrected chi connectivity index (χ2v) is 4.13. The molecule has 4 heteroatoms. The summed E-state index contributed by atoms with van der Waals surface area (Å²) < 4.78 is 3.24. The van der Waals surface area contributed by atoms with E-state index in [0.717, 1.165) is 17.8 Å². The van der Waals surface area contributed by atoms with Crippen LogP contribution in [-0.4, -0.2) is 15.9 Å². The SMILES string of the molecule is NCCc1cn2cc(I)ccc2n1. The predicted octanol–water partition coefficient (Wildman–Crippen LogP) is 1.44. The lowest BCUT2D eigenvalue weighted by atomic mass is 10.3. The zero-order valence-corrected chi connectivity index (χ0v) is 9.23. The minimum absolute atomic E-state index is 0.654. The van der Waals surface area contributed by atoms with Gasteiger partial charge in [0, 0.05) is 22.4 Å². The van der Waals surface area contributed by atoms with Crippen LogP contribution < -0.4 is 5.73 Å². The van der Waals surface area contributed by atoms with E-state index in [9.17, 15) is 0 Å². The van der Waals surface area contributed by atoms with Gasteiger partial charge >= 0.3 is 0 Å². The molecule has 0 atom stereocenters. The Hall–Kier alpha value is -0.620. The van der Waals surface area contributed by atoms with Gasteiger partial charge in [-0.15, -0.1) is 0 Å². The van der Waals surface area contributed by atoms with Gasteiger partial charge in [-0.2, -0.15) is 0 Å². The van der Waals surface area contributed by atoms with Crippen molar-refractivity contribution >= 4 is 28.2 Å². The Morgan fingerprint density at radius 1 is 1.38 bits per heavy atom. The summed E-state index contributed by atoms with van der Waals surface area (Å²) >= 11 is 2.29. The summed E-state index contributed by atoms with van der Waals surface area (Å²) in [5, 5.41) is 0. The maximum Gasteiger partial charge on any atom is 0.137 e. The number of nitrogens with two attached hydrogens (primary N) is 1. The Bertz CT molecular complexity index is 422. The van der Waals surface area contributed by atoms with Gasteiger partial charge in [0.1, 0.15) is 5.65 Å². The van der Waals surface area contributed by atoms with Gasteiger partial charge in [-0.3, -0.25) is 0 Å². The Kier molecular flexibility index (Phi) is 2.50. The van der Waals surface area contributed by atoms with Crippen LogP contribution in [0.4, 0.5) is 0 Å². The number of pyridine rings is 1. The van der Waals surface area contributed by atoms with Crippen LogP contribution in [0.1, 0.15) is 5.69 Å². The molecule has 2 aromatic rings. The minimum Gasteiger partial charge on any atom is -0.330 e. The first-order valence-corrected chi connectivity index (χ1v) is 5.20. The quantitative estimate of drug-likeness (QED) is 0.849. The number of rotatable bonds is 2. The van der Waals surface area contributed by atoms with Crippen molar-refractivity contribution in [3.8, 4) is 0 Å². The van der Waals surface area contributed by atoms with Crippen molar-refractivity contribution in [1.29, 1.82) is 0 Å². The molecule has 0 aliphatic heterocycles. The van der Waals surface area contributed by atoms with E-state index >= 15 is 0 Å². The van der Waals surface area contributed by atoms with Gasteiger partial charge in [0.25, 0.3) is 0 Å². The molecule has 0 spiro atoms. The molecular formula is C9H10IN3. The van der Waals surface area contributed by atoms with Gasteiger partial charge < -0.3 is 10.1 Å². The van der Waals surface area contributed by atoms with E-state index in [1.165, 1.54) is 3.57 Å². The summed E-state index contributed by atoms with van der Waals surface area (Å²) in [5.74, 6) is 0. The van der Waals surface area contributed by atoms with Crippen LogP contribution in [0.5, 0.6) is 0 Å². The standard InChI is InChI=1S/C9H10IN3/c10-7-1-2-9-12-8(3-4-11)6-13(9)5-7/h1-2,5-6H,3-4,11H2. The maximum absolute atomic E-state index is 5.46. The highest BCUT2D eigenvalue weighted by molar-refractivity contribution is 14.1. The van der Waals surface area contributed by atoms with Crippen LogP contribution in [0.15, 0.2) is 24.5 Å². The molecule has 0 unspecified atom stereocenters. The lowest BCUT2D eigenvalue weighted by Gasteiger charge is -1.91. The lowest BCUT2D eigenvalue weighted by Crippen LogP contribution is -2.02. The van der Waals surface area contributed by atoms with E-state index < -0.39 is 0 Å². The van der Waals surface area contributed by atoms with E-state index in [2.05, 4.69) is 39.8 Å². The van der Waals surface area contributed by atoms with Gasteiger partial charge in [-0.1, -0.05) is 0 Å². The number of imidazole rings is 1. The first-order chi connectivity index (χ1) is 6.29. The third kappa shape index (κ3) is 1.83. The minimum atomic E-state index is 0.654. The second-order valence-electron chi connectivity index (χ2n) is 2.88. The molecule has 0 aliphatic carbocycles. The molecule has 2 rings (SSSR count). The Balaban J connectivity index is 2.49. The molecule has 0 aliphatic rings. The predicted molar refractivity (Wildman–Crippen MR) is 60.7 cm³/mol. The normalized spacial score (nSPS) is 10.9. The summed E-state index contributed by atoms with van der Waals surface area (Å²) in [6.45, 7) is 0.654. The molecule has 0 fully saturated rings. The average molecular weight is 287 g/mol. The molecule has 2 N–H and O–H groups in total. The van der Waals surface area contributed by atoms with Gasteiger partial charge in [-0.25, -0.2) is 4.98 Å². The fraction of sp³-hybridized carbons (Fsp3) is 0.222. The van der Waals surface area contributed by atoms with Crippen LogP contribution in [0, 0.1) is 3.57 Å². The Morgan fingerprint density at radius 2 is 2.23 bits per heavy atom. The van der Waals surface area contributed by atoms with Crippen molar-refractivity contribution in [3.63, 3.8) is 0 Å². The van der Waals surface area contributed by atoms with Gasteiger partial charge in [0.15, 0.2) is 0 Å². The third-order valence-electron chi connectivity index (χ3n) is 1.87. The number of fused-ring (bicyclic) bond motifs is 1. The second kappa shape index (κ2) is 3.63. The van der Waals surface area contributed by atoms with E-state index in [1.54, 1.807) is 0 Å². The third-order valence-corrected chi connectivity index (χ3v) is 2.50. The fourth-order valence-electron chi connectivity index (χ4n) is 1.29.